The average molecular weight is 388 g/mol. The number of aromatic amines is 1. The van der Waals surface area contributed by atoms with Crippen LogP contribution < -0.4 is 9.47 Å². The van der Waals surface area contributed by atoms with E-state index in [1.807, 2.05) is 6.07 Å². The first-order valence-electron chi connectivity index (χ1n) is 10.5. The van der Waals surface area contributed by atoms with Gasteiger partial charge in [-0.1, -0.05) is 24.3 Å². The van der Waals surface area contributed by atoms with Crippen LogP contribution in [0, 0.1) is 0 Å². The van der Waals surface area contributed by atoms with Gasteiger partial charge in [0, 0.05) is 28.9 Å². The van der Waals surface area contributed by atoms with Crippen molar-refractivity contribution in [2.45, 2.75) is 42.4 Å². The number of para-hydroxylation sites is 1. The van der Waals surface area contributed by atoms with Gasteiger partial charge in [-0.2, -0.15) is 0 Å². The largest absolute Gasteiger partial charge is 0.493 e. The number of fused-ring (bicyclic) bond motifs is 4. The molecular weight excluding hydrogens is 364 g/mol. The molecule has 4 aliphatic rings. The highest BCUT2D eigenvalue weighted by molar-refractivity contribution is 5.86. The van der Waals surface area contributed by atoms with Crippen LogP contribution in [0.25, 0.3) is 10.9 Å². The van der Waals surface area contributed by atoms with E-state index in [2.05, 4.69) is 47.3 Å². The number of ether oxygens (including phenoxy) is 2. The number of piperidine rings is 1. The van der Waals surface area contributed by atoms with Crippen molar-refractivity contribution in [2.24, 2.45) is 0 Å². The van der Waals surface area contributed by atoms with E-state index in [1.54, 1.807) is 7.11 Å². The summed E-state index contributed by atoms with van der Waals surface area (Å²) < 4.78 is 12.4. The normalized spacial score (nSPS) is 33.9. The maximum atomic E-state index is 12.5. The summed E-state index contributed by atoms with van der Waals surface area (Å²) in [7, 11) is 3.85. The lowest BCUT2D eigenvalue weighted by atomic mass is 9.49. The number of methoxy groups -OCH3 is 1. The van der Waals surface area contributed by atoms with Crippen molar-refractivity contribution in [1.29, 1.82) is 0 Å². The SMILES string of the molecule is COc1ccc2c3c1O[C@H]1c4[nH]c5ccccc5c4C[C@@]4(O)[C@H](C2)N(C)CC[C@]314. The summed E-state index contributed by atoms with van der Waals surface area (Å²) in [6.07, 6.45) is 2.15. The second-order valence-electron chi connectivity index (χ2n) is 9.21. The Morgan fingerprint density at radius 2 is 2.10 bits per heavy atom. The van der Waals surface area contributed by atoms with Crippen LogP contribution in [0.15, 0.2) is 36.4 Å². The van der Waals surface area contributed by atoms with Gasteiger partial charge in [0.25, 0.3) is 0 Å². The summed E-state index contributed by atoms with van der Waals surface area (Å²) in [6, 6.07) is 12.7. The molecule has 1 aromatic heterocycles. The van der Waals surface area contributed by atoms with Crippen LogP contribution in [0.5, 0.6) is 11.5 Å². The second-order valence-corrected chi connectivity index (χ2v) is 9.21. The molecule has 4 atom stereocenters. The number of hydrogen-bond donors (Lipinski definition) is 2. The minimum atomic E-state index is -0.868. The van der Waals surface area contributed by atoms with E-state index < -0.39 is 11.0 Å². The van der Waals surface area contributed by atoms with Gasteiger partial charge < -0.3 is 24.5 Å². The zero-order chi connectivity index (χ0) is 19.5. The van der Waals surface area contributed by atoms with E-state index in [0.29, 0.717) is 6.42 Å². The molecule has 29 heavy (non-hydrogen) atoms. The first kappa shape index (κ1) is 16.3. The third-order valence-electron chi connectivity index (χ3n) is 8.24. The van der Waals surface area contributed by atoms with Crippen LogP contribution in [-0.4, -0.2) is 47.3 Å². The van der Waals surface area contributed by atoms with Gasteiger partial charge in [-0.3, -0.25) is 0 Å². The molecule has 3 aromatic rings. The van der Waals surface area contributed by atoms with Crippen molar-refractivity contribution in [1.82, 2.24) is 9.88 Å². The highest BCUT2D eigenvalue weighted by Gasteiger charge is 2.72. The zero-order valence-electron chi connectivity index (χ0n) is 16.7. The molecule has 1 fully saturated rings. The maximum absolute atomic E-state index is 12.5. The van der Waals surface area contributed by atoms with Gasteiger partial charge in [-0.15, -0.1) is 0 Å². The Labute approximate surface area is 169 Å². The molecule has 5 nitrogen and oxygen atoms in total. The van der Waals surface area contributed by atoms with Crippen LogP contribution in [0.1, 0.15) is 34.9 Å². The van der Waals surface area contributed by atoms with Crippen LogP contribution in [0.2, 0.25) is 0 Å². The number of nitrogens with zero attached hydrogens (tertiary/aromatic N) is 1. The zero-order valence-corrected chi connectivity index (χ0v) is 16.7. The summed E-state index contributed by atoms with van der Waals surface area (Å²) in [5, 5.41) is 13.7. The summed E-state index contributed by atoms with van der Waals surface area (Å²) >= 11 is 0. The average Bonchev–Trinajstić information content (AvgIpc) is 3.26. The Hall–Kier alpha value is -2.50. The molecule has 2 aromatic carbocycles. The first-order valence-corrected chi connectivity index (χ1v) is 10.5. The quantitative estimate of drug-likeness (QED) is 0.673. The Morgan fingerprint density at radius 1 is 1.24 bits per heavy atom. The minimum Gasteiger partial charge on any atom is -0.493 e. The van der Waals surface area contributed by atoms with E-state index in [1.165, 1.54) is 22.1 Å². The number of nitrogens with one attached hydrogen (secondary N) is 1. The molecule has 5 heteroatoms. The van der Waals surface area contributed by atoms with Gasteiger partial charge in [0.2, 0.25) is 0 Å². The molecule has 2 aliphatic carbocycles. The molecule has 0 unspecified atom stereocenters. The lowest BCUT2D eigenvalue weighted by molar-refractivity contribution is -0.167. The molecule has 0 radical (unpaired) electrons. The molecule has 0 saturated carbocycles. The van der Waals surface area contributed by atoms with Crippen molar-refractivity contribution >= 4 is 10.9 Å². The Kier molecular flexibility index (Phi) is 2.80. The number of likely N-dealkylation sites (N-methyl/N-ethyl adjacent to an activating group) is 1. The molecule has 1 saturated heterocycles. The highest BCUT2D eigenvalue weighted by Crippen LogP contribution is 2.68. The van der Waals surface area contributed by atoms with E-state index in [4.69, 9.17) is 9.47 Å². The van der Waals surface area contributed by atoms with Gasteiger partial charge in [0.05, 0.1) is 23.8 Å². The molecule has 148 valence electrons. The monoisotopic (exact) mass is 388 g/mol. The molecule has 2 bridgehead atoms. The van der Waals surface area contributed by atoms with Crippen molar-refractivity contribution in [3.8, 4) is 11.5 Å². The number of rotatable bonds is 1. The predicted molar refractivity (Wildman–Crippen MR) is 110 cm³/mol. The van der Waals surface area contributed by atoms with Crippen LogP contribution in [0.3, 0.4) is 0 Å². The highest BCUT2D eigenvalue weighted by atomic mass is 16.5. The van der Waals surface area contributed by atoms with Crippen LogP contribution in [-0.2, 0) is 18.3 Å². The molecule has 2 N–H and O–H groups in total. The van der Waals surface area contributed by atoms with Crippen molar-refractivity contribution in [2.75, 3.05) is 20.7 Å². The third kappa shape index (κ3) is 1.61. The second kappa shape index (κ2) is 4.97. The van der Waals surface area contributed by atoms with E-state index in [9.17, 15) is 5.11 Å². The number of H-pyrrole nitrogens is 1. The summed E-state index contributed by atoms with van der Waals surface area (Å²) in [6.45, 7) is 0.957. The van der Waals surface area contributed by atoms with Gasteiger partial charge >= 0.3 is 0 Å². The fourth-order valence-electron chi connectivity index (χ4n) is 7.00. The molecule has 1 spiro atoms. The van der Waals surface area contributed by atoms with Crippen molar-refractivity contribution in [3.63, 3.8) is 0 Å². The minimum absolute atomic E-state index is 0.0796. The van der Waals surface area contributed by atoms with Gasteiger partial charge in [-0.25, -0.2) is 0 Å². The van der Waals surface area contributed by atoms with Gasteiger partial charge in [-0.05, 0) is 49.7 Å². The number of benzene rings is 2. The first-order chi connectivity index (χ1) is 14.1. The van der Waals surface area contributed by atoms with E-state index in [0.717, 1.165) is 42.1 Å². The molecule has 2 aliphatic heterocycles. The number of hydrogen-bond acceptors (Lipinski definition) is 4. The van der Waals surface area contributed by atoms with Crippen LogP contribution in [0.4, 0.5) is 0 Å². The number of aromatic nitrogens is 1. The fourth-order valence-corrected chi connectivity index (χ4v) is 7.00. The Balaban J connectivity index is 1.60. The topological polar surface area (TPSA) is 57.7 Å². The Morgan fingerprint density at radius 3 is 2.97 bits per heavy atom. The van der Waals surface area contributed by atoms with Crippen molar-refractivity contribution < 1.29 is 14.6 Å². The van der Waals surface area contributed by atoms with Gasteiger partial charge in [0.1, 0.15) is 0 Å². The summed E-state index contributed by atoms with van der Waals surface area (Å²) in [5.74, 6) is 1.60. The predicted octanol–water partition coefficient (Wildman–Crippen LogP) is 3.10. The summed E-state index contributed by atoms with van der Waals surface area (Å²) in [5.41, 5.74) is 4.64. The standard InChI is InChI=1S/C24H24N2O3/c1-26-10-9-23-19-13-7-8-17(28-2)21(19)29-22(23)20-15(12-24(23,27)18(26)11-13)14-5-3-4-6-16(14)25-20/h3-8,18,22,25,27H,9-12H2,1-2H3/t18-,22-,23-,24+/m0/s1. The molecule has 7 rings (SSSR count). The van der Waals surface area contributed by atoms with E-state index in [-0.39, 0.29) is 12.1 Å². The van der Waals surface area contributed by atoms with Crippen LogP contribution >= 0.6 is 0 Å². The lowest BCUT2D eigenvalue weighted by Gasteiger charge is -2.62. The van der Waals surface area contributed by atoms with Crippen molar-refractivity contribution in [3.05, 3.63) is 58.8 Å². The number of likely N-dealkylation sites (tertiary alicyclic amines) is 1. The molecule has 0 amide bonds. The Bertz CT molecular complexity index is 1200. The van der Waals surface area contributed by atoms with Gasteiger partial charge in [0.15, 0.2) is 17.6 Å². The van der Waals surface area contributed by atoms with E-state index >= 15 is 0 Å². The summed E-state index contributed by atoms with van der Waals surface area (Å²) in [4.78, 5) is 6.01. The third-order valence-corrected chi connectivity index (χ3v) is 8.24. The molecule has 3 heterocycles. The lowest BCUT2D eigenvalue weighted by Crippen LogP contribution is -2.73. The maximum Gasteiger partial charge on any atom is 0.166 e. The fraction of sp³-hybridized carbons (Fsp3) is 0.417. The number of aliphatic hydroxyl groups is 1. The molecular formula is C24H24N2O3. The smallest absolute Gasteiger partial charge is 0.166 e.